The van der Waals surface area contributed by atoms with Gasteiger partial charge in [-0.3, -0.25) is 0 Å². The summed E-state index contributed by atoms with van der Waals surface area (Å²) in [6.45, 7) is 2.22. The van der Waals surface area contributed by atoms with Crippen molar-refractivity contribution in [1.82, 2.24) is 4.98 Å². The smallest absolute Gasteiger partial charge is 0.0424 e. The molecule has 0 fully saturated rings. The number of hydrogen-bond acceptors (Lipinski definition) is 0. The Balaban J connectivity index is 1.70. The van der Waals surface area contributed by atoms with Crippen molar-refractivity contribution in [2.75, 3.05) is 0 Å². The number of aromatic amines is 1. The summed E-state index contributed by atoms with van der Waals surface area (Å²) in [5, 5.41) is 0. The summed E-state index contributed by atoms with van der Waals surface area (Å²) in [6, 6.07) is 23.6. The van der Waals surface area contributed by atoms with Crippen LogP contribution in [0.15, 0.2) is 84.5 Å². The van der Waals surface area contributed by atoms with Crippen molar-refractivity contribution in [2.45, 2.75) is 25.7 Å². The van der Waals surface area contributed by atoms with Crippen molar-refractivity contribution in [3.05, 3.63) is 113 Å². The maximum Gasteiger partial charge on any atom is 0.0424 e. The normalized spacial score (nSPS) is 15.0. The van der Waals surface area contributed by atoms with Gasteiger partial charge < -0.3 is 4.98 Å². The van der Waals surface area contributed by atoms with E-state index in [1.54, 1.807) is 0 Å². The molecule has 25 heavy (non-hydrogen) atoms. The van der Waals surface area contributed by atoms with Crippen molar-refractivity contribution in [3.63, 3.8) is 0 Å². The van der Waals surface area contributed by atoms with Gasteiger partial charge in [0.25, 0.3) is 0 Å². The van der Waals surface area contributed by atoms with E-state index in [0.29, 0.717) is 0 Å². The summed E-state index contributed by atoms with van der Waals surface area (Å²) in [4.78, 5) is 3.69. The van der Waals surface area contributed by atoms with Crippen LogP contribution in [0, 0.1) is 0 Å². The highest BCUT2D eigenvalue weighted by Crippen LogP contribution is 2.30. The highest BCUT2D eigenvalue weighted by Gasteiger charge is 2.18. The zero-order chi connectivity index (χ0) is 17.1. The van der Waals surface area contributed by atoms with Gasteiger partial charge in [0.2, 0.25) is 0 Å². The molecule has 124 valence electrons. The summed E-state index contributed by atoms with van der Waals surface area (Å²) in [7, 11) is 0. The molecule has 0 radical (unpaired) electrons. The van der Waals surface area contributed by atoms with Crippen LogP contribution in [0.2, 0.25) is 0 Å². The van der Waals surface area contributed by atoms with Crippen molar-refractivity contribution in [2.24, 2.45) is 0 Å². The fourth-order valence-corrected chi connectivity index (χ4v) is 3.55. The molecule has 0 amide bonds. The molecule has 0 saturated heterocycles. The van der Waals surface area contributed by atoms with Gasteiger partial charge in [-0.1, -0.05) is 84.5 Å². The summed E-state index contributed by atoms with van der Waals surface area (Å²) in [5.41, 5.74) is 8.12. The number of benzene rings is 2. The number of aromatic nitrogens is 1. The molecule has 3 aromatic rings. The molecule has 4 rings (SSSR count). The minimum absolute atomic E-state index is 0.243. The topological polar surface area (TPSA) is 15.8 Å². The molecule has 1 atom stereocenters. The molecule has 1 nitrogen and oxygen atoms in total. The molecule has 1 heterocycles. The van der Waals surface area contributed by atoms with E-state index in [9.17, 15) is 0 Å². The molecule has 1 N–H and O–H groups in total. The first-order chi connectivity index (χ1) is 12.3. The van der Waals surface area contributed by atoms with E-state index >= 15 is 0 Å². The average Bonchev–Trinajstić information content (AvgIpc) is 3.06. The molecule has 1 heteroatoms. The van der Waals surface area contributed by atoms with Gasteiger partial charge in [0.15, 0.2) is 0 Å². The number of H-pyrrole nitrogens is 1. The second-order valence-electron chi connectivity index (χ2n) is 6.82. The predicted molar refractivity (Wildman–Crippen MR) is 106 cm³/mol. The van der Waals surface area contributed by atoms with Gasteiger partial charge in [-0.25, -0.2) is 0 Å². The van der Waals surface area contributed by atoms with Gasteiger partial charge in [-0.15, -0.1) is 0 Å². The van der Waals surface area contributed by atoms with Gasteiger partial charge in [0, 0.05) is 23.7 Å². The van der Waals surface area contributed by atoms with Crippen molar-refractivity contribution in [1.29, 1.82) is 0 Å². The van der Waals surface area contributed by atoms with Crippen molar-refractivity contribution in [3.8, 4) is 0 Å². The Morgan fingerprint density at radius 1 is 0.960 bits per heavy atom. The summed E-state index contributed by atoms with van der Waals surface area (Å²) in [6.07, 6.45) is 8.95. The van der Waals surface area contributed by atoms with Crippen LogP contribution in [-0.4, -0.2) is 4.98 Å². The highest BCUT2D eigenvalue weighted by molar-refractivity contribution is 5.53. The van der Waals surface area contributed by atoms with E-state index in [-0.39, 0.29) is 5.92 Å². The Hall–Kier alpha value is -2.80. The van der Waals surface area contributed by atoms with E-state index in [2.05, 4.69) is 96.9 Å². The monoisotopic (exact) mass is 325 g/mol. The third kappa shape index (κ3) is 3.51. The fraction of sp³-hybridized carbons (Fsp3) is 0.167. The second kappa shape index (κ2) is 6.98. The molecule has 0 aliphatic heterocycles. The van der Waals surface area contributed by atoms with Crippen molar-refractivity contribution < 1.29 is 0 Å². The molecule has 0 spiro atoms. The summed E-state index contributed by atoms with van der Waals surface area (Å²) in [5.74, 6) is 0.243. The van der Waals surface area contributed by atoms with Crippen LogP contribution in [0.3, 0.4) is 0 Å². The lowest BCUT2D eigenvalue weighted by molar-refractivity contribution is 0.943. The minimum Gasteiger partial charge on any atom is -0.361 e. The lowest BCUT2D eigenvalue weighted by Gasteiger charge is -2.12. The SMILES string of the molecule is CC1=CCc2[nH]c(C(/C=C/c3ccccc3)c3ccccc3)cc2C1. The van der Waals surface area contributed by atoms with Crippen LogP contribution in [0.5, 0.6) is 0 Å². The molecule has 2 aromatic carbocycles. The zero-order valence-corrected chi connectivity index (χ0v) is 14.6. The number of nitrogens with one attached hydrogen (secondary N) is 1. The molecule has 1 aliphatic rings. The van der Waals surface area contributed by atoms with Gasteiger partial charge in [-0.05, 0) is 36.1 Å². The van der Waals surface area contributed by atoms with Crippen LogP contribution < -0.4 is 0 Å². The Morgan fingerprint density at radius 2 is 1.68 bits per heavy atom. The predicted octanol–water partition coefficient (Wildman–Crippen LogP) is 5.90. The van der Waals surface area contributed by atoms with E-state index in [4.69, 9.17) is 0 Å². The van der Waals surface area contributed by atoms with Gasteiger partial charge in [-0.2, -0.15) is 0 Å². The molecule has 0 saturated carbocycles. The number of hydrogen-bond donors (Lipinski definition) is 1. The lowest BCUT2D eigenvalue weighted by atomic mass is 9.93. The van der Waals surface area contributed by atoms with Crippen LogP contribution >= 0.6 is 0 Å². The van der Waals surface area contributed by atoms with Crippen LogP contribution in [0.4, 0.5) is 0 Å². The largest absolute Gasteiger partial charge is 0.361 e. The number of rotatable bonds is 4. The Kier molecular flexibility index (Phi) is 4.39. The van der Waals surface area contributed by atoms with Crippen LogP contribution in [0.1, 0.15) is 40.9 Å². The highest BCUT2D eigenvalue weighted by atomic mass is 14.7. The third-order valence-corrected chi connectivity index (χ3v) is 4.91. The fourth-order valence-electron chi connectivity index (χ4n) is 3.55. The van der Waals surface area contributed by atoms with Gasteiger partial charge >= 0.3 is 0 Å². The molecule has 1 aliphatic carbocycles. The maximum atomic E-state index is 3.69. The quantitative estimate of drug-likeness (QED) is 0.574. The minimum atomic E-state index is 0.243. The molecular weight excluding hydrogens is 302 g/mol. The first-order valence-corrected chi connectivity index (χ1v) is 8.94. The number of fused-ring (bicyclic) bond motifs is 1. The first kappa shape index (κ1) is 15.7. The molecule has 1 unspecified atom stereocenters. The first-order valence-electron chi connectivity index (χ1n) is 8.94. The Labute approximate surface area is 149 Å². The lowest BCUT2D eigenvalue weighted by Crippen LogP contribution is -1.99. The second-order valence-corrected chi connectivity index (χ2v) is 6.82. The standard InChI is InChI=1S/C24H23N/c1-18-12-15-23-21(16-18)17-24(25-23)22(20-10-6-3-7-11-20)14-13-19-8-4-2-5-9-19/h2-14,17,22,25H,15-16H2,1H3/b14-13+. The van der Waals surface area contributed by atoms with Gasteiger partial charge in [0.1, 0.15) is 0 Å². The zero-order valence-electron chi connectivity index (χ0n) is 14.6. The molecule has 1 aromatic heterocycles. The van der Waals surface area contributed by atoms with E-state index < -0.39 is 0 Å². The third-order valence-electron chi connectivity index (χ3n) is 4.91. The average molecular weight is 325 g/mol. The van der Waals surface area contributed by atoms with Crippen LogP contribution in [-0.2, 0) is 12.8 Å². The van der Waals surface area contributed by atoms with Crippen molar-refractivity contribution >= 4 is 6.08 Å². The Bertz CT molecular complexity index is 898. The van der Waals surface area contributed by atoms with Gasteiger partial charge in [0.05, 0.1) is 0 Å². The van der Waals surface area contributed by atoms with E-state index in [1.165, 1.54) is 33.7 Å². The summed E-state index contributed by atoms with van der Waals surface area (Å²) < 4.78 is 0. The van der Waals surface area contributed by atoms with E-state index in [1.807, 2.05) is 0 Å². The van der Waals surface area contributed by atoms with Crippen LogP contribution in [0.25, 0.3) is 6.08 Å². The molecule has 0 bridgehead atoms. The van der Waals surface area contributed by atoms with E-state index in [0.717, 1.165) is 12.8 Å². The maximum absolute atomic E-state index is 3.69. The molecular formula is C24H23N. The number of allylic oxidation sites excluding steroid dienone is 3. The summed E-state index contributed by atoms with van der Waals surface area (Å²) >= 11 is 0. The Morgan fingerprint density at radius 3 is 2.44 bits per heavy atom.